The number of hydrogen-bond donors (Lipinski definition) is 1. The number of nitrogens with one attached hydrogen (secondary N) is 1. The van der Waals surface area contributed by atoms with Gasteiger partial charge in [0.1, 0.15) is 6.26 Å². The third kappa shape index (κ3) is 3.60. The first-order valence-electron chi connectivity index (χ1n) is 7.29. The van der Waals surface area contributed by atoms with Gasteiger partial charge in [0.2, 0.25) is 11.8 Å². The van der Waals surface area contributed by atoms with Crippen molar-refractivity contribution in [3.05, 3.63) is 17.8 Å². The van der Waals surface area contributed by atoms with Crippen molar-refractivity contribution in [3.8, 4) is 0 Å². The van der Waals surface area contributed by atoms with Crippen LogP contribution in [0, 0.1) is 5.92 Å². The number of nitrogens with zero attached hydrogens (tertiary/aromatic N) is 2. The van der Waals surface area contributed by atoms with Gasteiger partial charge < -0.3 is 9.73 Å². The highest BCUT2D eigenvalue weighted by molar-refractivity contribution is 5.78. The zero-order valence-corrected chi connectivity index (χ0v) is 12.9. The molecule has 0 aromatic carbocycles. The van der Waals surface area contributed by atoms with Crippen molar-refractivity contribution in [1.29, 1.82) is 0 Å². The molecule has 112 valence electrons. The lowest BCUT2D eigenvalue weighted by atomic mass is 9.93. The largest absolute Gasteiger partial charge is 0.447 e. The van der Waals surface area contributed by atoms with E-state index in [2.05, 4.69) is 36.0 Å². The van der Waals surface area contributed by atoms with Gasteiger partial charge in [-0.1, -0.05) is 20.8 Å². The zero-order chi connectivity index (χ0) is 14.8. The van der Waals surface area contributed by atoms with Crippen LogP contribution in [0.5, 0.6) is 0 Å². The van der Waals surface area contributed by atoms with Crippen LogP contribution in [0.4, 0.5) is 0 Å². The summed E-state index contributed by atoms with van der Waals surface area (Å²) >= 11 is 0. The van der Waals surface area contributed by atoms with E-state index in [0.29, 0.717) is 0 Å². The molecule has 5 heteroatoms. The van der Waals surface area contributed by atoms with Gasteiger partial charge >= 0.3 is 0 Å². The molecule has 1 fully saturated rings. The molecule has 0 atom stereocenters. The monoisotopic (exact) mass is 279 g/mol. The average molecular weight is 279 g/mol. The van der Waals surface area contributed by atoms with E-state index in [1.54, 1.807) is 13.3 Å². The first-order valence-corrected chi connectivity index (χ1v) is 7.29. The molecule has 0 saturated carbocycles. The highest BCUT2D eigenvalue weighted by Gasteiger charge is 2.25. The van der Waals surface area contributed by atoms with E-state index in [1.807, 2.05) is 0 Å². The summed E-state index contributed by atoms with van der Waals surface area (Å²) in [5.74, 6) is 1.09. The summed E-state index contributed by atoms with van der Waals surface area (Å²) in [6.45, 7) is 8.96. The fourth-order valence-electron chi connectivity index (χ4n) is 2.48. The maximum absolute atomic E-state index is 11.6. The molecule has 1 saturated heterocycles. The average Bonchev–Trinajstić information content (AvgIpc) is 2.87. The Kier molecular flexibility index (Phi) is 4.48. The molecule has 0 bridgehead atoms. The molecule has 1 N–H and O–H groups in total. The highest BCUT2D eigenvalue weighted by atomic mass is 16.3. The van der Waals surface area contributed by atoms with Crippen LogP contribution >= 0.6 is 0 Å². The van der Waals surface area contributed by atoms with Gasteiger partial charge in [0.05, 0.1) is 12.2 Å². The molecule has 1 aromatic heterocycles. The SMILES string of the molecule is CNC(=O)C1CCN(Cc2nc(C(C)(C)C)co2)CC1. The van der Waals surface area contributed by atoms with Gasteiger partial charge in [-0.25, -0.2) is 4.98 Å². The number of rotatable bonds is 3. The predicted octanol–water partition coefficient (Wildman–Crippen LogP) is 1.93. The number of piperidine rings is 1. The highest BCUT2D eigenvalue weighted by Crippen LogP contribution is 2.23. The fourth-order valence-corrected chi connectivity index (χ4v) is 2.48. The maximum Gasteiger partial charge on any atom is 0.222 e. The van der Waals surface area contributed by atoms with Crippen molar-refractivity contribution < 1.29 is 9.21 Å². The summed E-state index contributed by atoms with van der Waals surface area (Å²) in [5.41, 5.74) is 1.02. The Morgan fingerprint density at radius 2 is 2.10 bits per heavy atom. The Balaban J connectivity index is 1.87. The quantitative estimate of drug-likeness (QED) is 0.918. The minimum atomic E-state index is 0.0218. The van der Waals surface area contributed by atoms with Gasteiger partial charge in [-0.15, -0.1) is 0 Å². The lowest BCUT2D eigenvalue weighted by Crippen LogP contribution is -2.39. The standard InChI is InChI=1S/C15H25N3O2/c1-15(2,3)12-10-20-13(17-12)9-18-7-5-11(6-8-18)14(19)16-4/h10-11H,5-9H2,1-4H3,(H,16,19). The Labute approximate surface area is 120 Å². The van der Waals surface area contributed by atoms with E-state index in [0.717, 1.165) is 44.1 Å². The van der Waals surface area contributed by atoms with Crippen LogP contribution in [-0.4, -0.2) is 35.9 Å². The van der Waals surface area contributed by atoms with Crippen LogP contribution in [0.2, 0.25) is 0 Å². The summed E-state index contributed by atoms with van der Waals surface area (Å²) in [6, 6.07) is 0. The molecule has 20 heavy (non-hydrogen) atoms. The topological polar surface area (TPSA) is 58.4 Å². The third-order valence-electron chi connectivity index (χ3n) is 3.88. The molecule has 0 unspecified atom stereocenters. The van der Waals surface area contributed by atoms with Crippen LogP contribution in [0.1, 0.15) is 45.2 Å². The number of aromatic nitrogens is 1. The molecule has 1 aliphatic rings. The lowest BCUT2D eigenvalue weighted by molar-refractivity contribution is -0.125. The number of likely N-dealkylation sites (tertiary alicyclic amines) is 1. The summed E-state index contributed by atoms with van der Waals surface area (Å²) < 4.78 is 5.56. The van der Waals surface area contributed by atoms with Gasteiger partial charge in [0.25, 0.3) is 0 Å². The van der Waals surface area contributed by atoms with Crippen LogP contribution in [0.15, 0.2) is 10.7 Å². The van der Waals surface area contributed by atoms with E-state index in [-0.39, 0.29) is 17.2 Å². The molecule has 2 rings (SSSR count). The third-order valence-corrected chi connectivity index (χ3v) is 3.88. The molecular weight excluding hydrogens is 254 g/mol. The Morgan fingerprint density at radius 3 is 2.60 bits per heavy atom. The Morgan fingerprint density at radius 1 is 1.45 bits per heavy atom. The van der Waals surface area contributed by atoms with Crippen molar-refractivity contribution in [1.82, 2.24) is 15.2 Å². The van der Waals surface area contributed by atoms with Gasteiger partial charge in [-0.05, 0) is 25.9 Å². The normalized spacial score (nSPS) is 18.2. The molecule has 1 aliphatic heterocycles. The minimum absolute atomic E-state index is 0.0218. The number of oxazole rings is 1. The first-order chi connectivity index (χ1) is 9.40. The second kappa shape index (κ2) is 5.95. The second-order valence-electron chi connectivity index (χ2n) is 6.54. The van der Waals surface area contributed by atoms with Crippen molar-refractivity contribution in [2.24, 2.45) is 5.92 Å². The van der Waals surface area contributed by atoms with Gasteiger partial charge in [0.15, 0.2) is 0 Å². The van der Waals surface area contributed by atoms with Gasteiger partial charge in [-0.2, -0.15) is 0 Å². The smallest absolute Gasteiger partial charge is 0.222 e. The van der Waals surface area contributed by atoms with E-state index in [4.69, 9.17) is 4.42 Å². The van der Waals surface area contributed by atoms with Gasteiger partial charge in [0, 0.05) is 18.4 Å². The number of carbonyl (C=O) groups excluding carboxylic acids is 1. The summed E-state index contributed by atoms with van der Waals surface area (Å²) in [7, 11) is 1.70. The van der Waals surface area contributed by atoms with Crippen molar-refractivity contribution in [2.75, 3.05) is 20.1 Å². The predicted molar refractivity (Wildman–Crippen MR) is 77.3 cm³/mol. The molecule has 0 aliphatic carbocycles. The summed E-state index contributed by atoms with van der Waals surface area (Å²) in [5, 5.41) is 2.73. The van der Waals surface area contributed by atoms with Crippen molar-refractivity contribution in [2.45, 2.75) is 45.6 Å². The number of carbonyl (C=O) groups is 1. The minimum Gasteiger partial charge on any atom is -0.447 e. The molecule has 2 heterocycles. The van der Waals surface area contributed by atoms with Crippen molar-refractivity contribution >= 4 is 5.91 Å². The molecule has 1 amide bonds. The van der Waals surface area contributed by atoms with Crippen LogP contribution in [0.25, 0.3) is 0 Å². The van der Waals surface area contributed by atoms with Crippen molar-refractivity contribution in [3.63, 3.8) is 0 Å². The Hall–Kier alpha value is -1.36. The number of hydrogen-bond acceptors (Lipinski definition) is 4. The summed E-state index contributed by atoms with van der Waals surface area (Å²) in [4.78, 5) is 18.4. The van der Waals surface area contributed by atoms with E-state index < -0.39 is 0 Å². The fraction of sp³-hybridized carbons (Fsp3) is 0.733. The Bertz CT molecular complexity index is 454. The van der Waals surface area contributed by atoms with Crippen LogP contribution in [-0.2, 0) is 16.8 Å². The first kappa shape index (κ1) is 15.0. The van der Waals surface area contributed by atoms with Crippen LogP contribution in [0.3, 0.4) is 0 Å². The number of amides is 1. The molecule has 0 radical (unpaired) electrons. The molecule has 5 nitrogen and oxygen atoms in total. The molecule has 1 aromatic rings. The maximum atomic E-state index is 11.6. The second-order valence-corrected chi connectivity index (χ2v) is 6.54. The van der Waals surface area contributed by atoms with Crippen LogP contribution < -0.4 is 5.32 Å². The van der Waals surface area contributed by atoms with Gasteiger partial charge in [-0.3, -0.25) is 9.69 Å². The summed E-state index contributed by atoms with van der Waals surface area (Å²) in [6.07, 6.45) is 3.58. The zero-order valence-electron chi connectivity index (χ0n) is 12.9. The molecule has 0 spiro atoms. The molecular formula is C15H25N3O2. The van der Waals surface area contributed by atoms with E-state index in [9.17, 15) is 4.79 Å². The van der Waals surface area contributed by atoms with E-state index >= 15 is 0 Å². The lowest BCUT2D eigenvalue weighted by Gasteiger charge is -2.29. The van der Waals surface area contributed by atoms with E-state index in [1.165, 1.54) is 0 Å².